The monoisotopic (exact) mass is 412 g/mol. The van der Waals surface area contributed by atoms with Crippen molar-refractivity contribution in [2.45, 2.75) is 13.0 Å². The van der Waals surface area contributed by atoms with Gasteiger partial charge in [0.05, 0.1) is 29.6 Å². The highest BCUT2D eigenvalue weighted by Gasteiger charge is 2.14. The Morgan fingerprint density at radius 2 is 1.77 bits per heavy atom. The average Bonchev–Trinajstić information content (AvgIpc) is 2.80. The van der Waals surface area contributed by atoms with E-state index in [2.05, 4.69) is 41.6 Å². The second-order valence-corrected chi connectivity index (χ2v) is 6.63. The van der Waals surface area contributed by atoms with Gasteiger partial charge in [-0.3, -0.25) is 9.97 Å². The van der Waals surface area contributed by atoms with Crippen LogP contribution in [0.5, 0.6) is 0 Å². The first-order valence-electron chi connectivity index (χ1n) is 9.41. The van der Waals surface area contributed by atoms with Crippen molar-refractivity contribution in [2.24, 2.45) is 0 Å². The molecule has 0 unspecified atom stereocenters. The summed E-state index contributed by atoms with van der Waals surface area (Å²) in [5, 5.41) is 15.8. The molecular weight excluding hydrogens is 395 g/mol. The number of halogens is 1. The minimum absolute atomic E-state index is 0.190. The summed E-state index contributed by atoms with van der Waals surface area (Å²) < 4.78 is 13.3. The molecule has 0 aliphatic carbocycles. The number of aromatic nitrogens is 5. The third kappa shape index (κ3) is 4.76. The highest BCUT2D eigenvalue weighted by atomic mass is 19.1. The molecule has 1 aromatic carbocycles. The molecule has 0 saturated carbocycles. The van der Waals surface area contributed by atoms with Crippen molar-refractivity contribution in [1.29, 1.82) is 5.26 Å². The molecular formula is C22H17FN8. The Morgan fingerprint density at radius 1 is 0.968 bits per heavy atom. The van der Waals surface area contributed by atoms with Crippen LogP contribution in [0.2, 0.25) is 0 Å². The minimum atomic E-state index is -0.301. The van der Waals surface area contributed by atoms with Crippen LogP contribution in [0.25, 0.3) is 11.3 Å². The van der Waals surface area contributed by atoms with Gasteiger partial charge in [-0.2, -0.15) is 10.2 Å². The molecule has 152 valence electrons. The molecule has 8 nitrogen and oxygen atoms in total. The van der Waals surface area contributed by atoms with Gasteiger partial charge in [0, 0.05) is 36.4 Å². The van der Waals surface area contributed by atoms with Gasteiger partial charge >= 0.3 is 0 Å². The van der Waals surface area contributed by atoms with Crippen LogP contribution in [-0.4, -0.2) is 24.9 Å². The lowest BCUT2D eigenvalue weighted by atomic mass is 10.1. The minimum Gasteiger partial charge on any atom is -0.348 e. The van der Waals surface area contributed by atoms with Crippen LogP contribution in [0.15, 0.2) is 67.4 Å². The molecule has 0 amide bonds. The van der Waals surface area contributed by atoms with Crippen LogP contribution >= 0.6 is 0 Å². The van der Waals surface area contributed by atoms with Crippen LogP contribution in [0.4, 0.5) is 22.0 Å². The molecule has 4 rings (SSSR count). The molecule has 0 radical (unpaired) electrons. The first-order chi connectivity index (χ1) is 15.1. The molecule has 4 aromatic rings. The number of benzene rings is 1. The van der Waals surface area contributed by atoms with Crippen molar-refractivity contribution in [3.63, 3.8) is 0 Å². The maximum Gasteiger partial charge on any atom is 0.225 e. The van der Waals surface area contributed by atoms with E-state index in [9.17, 15) is 9.65 Å². The molecule has 3 aromatic heterocycles. The fraction of sp³-hybridized carbons (Fsp3) is 0.0909. The highest BCUT2D eigenvalue weighted by molar-refractivity contribution is 5.70. The van der Waals surface area contributed by atoms with E-state index in [1.807, 2.05) is 6.92 Å². The Morgan fingerprint density at radius 3 is 2.52 bits per heavy atom. The van der Waals surface area contributed by atoms with E-state index in [0.717, 1.165) is 5.56 Å². The van der Waals surface area contributed by atoms with Gasteiger partial charge in [0.15, 0.2) is 0 Å². The average molecular weight is 412 g/mol. The van der Waals surface area contributed by atoms with Crippen LogP contribution in [0.3, 0.4) is 0 Å². The Hall–Kier alpha value is -4.45. The van der Waals surface area contributed by atoms with Gasteiger partial charge < -0.3 is 10.6 Å². The van der Waals surface area contributed by atoms with Gasteiger partial charge in [-0.15, -0.1) is 0 Å². The zero-order valence-corrected chi connectivity index (χ0v) is 16.5. The van der Waals surface area contributed by atoms with E-state index in [1.165, 1.54) is 12.1 Å². The van der Waals surface area contributed by atoms with E-state index in [0.29, 0.717) is 34.4 Å². The van der Waals surface area contributed by atoms with Crippen molar-refractivity contribution >= 4 is 17.6 Å². The standard InChI is InChI=1S/C22H17FN8/c1-14(15-2-4-17(23)5-3-15)28-22-29-19(18-12-25-7-6-16(18)11-24)10-20(31-22)30-21-13-26-8-9-27-21/h2-10,12-14H,1H3,(H2,27,28,29,30,31)/t14-/m0/s1. The van der Waals surface area contributed by atoms with E-state index >= 15 is 0 Å². The second kappa shape index (κ2) is 8.92. The zero-order chi connectivity index (χ0) is 21.6. The summed E-state index contributed by atoms with van der Waals surface area (Å²) in [6, 6.07) is 11.5. The van der Waals surface area contributed by atoms with Gasteiger partial charge in [0.1, 0.15) is 17.5 Å². The predicted molar refractivity (Wildman–Crippen MR) is 114 cm³/mol. The summed E-state index contributed by atoms with van der Waals surface area (Å²) in [6.07, 6.45) is 7.84. The lowest BCUT2D eigenvalue weighted by molar-refractivity contribution is 0.626. The molecule has 0 aliphatic rings. The van der Waals surface area contributed by atoms with Gasteiger partial charge in [-0.1, -0.05) is 12.1 Å². The third-order valence-electron chi connectivity index (χ3n) is 4.48. The summed E-state index contributed by atoms with van der Waals surface area (Å²) in [5.74, 6) is 1.00. The topological polar surface area (TPSA) is 112 Å². The molecule has 3 heterocycles. The Bertz CT molecular complexity index is 1220. The van der Waals surface area contributed by atoms with E-state index < -0.39 is 0 Å². The van der Waals surface area contributed by atoms with E-state index in [4.69, 9.17) is 0 Å². The highest BCUT2D eigenvalue weighted by Crippen LogP contribution is 2.26. The molecule has 1 atom stereocenters. The smallest absolute Gasteiger partial charge is 0.225 e. The SMILES string of the molecule is C[C@H](Nc1nc(Nc2cnccn2)cc(-c2cnccc2C#N)n1)c1ccc(F)cc1. The van der Waals surface area contributed by atoms with Crippen molar-refractivity contribution < 1.29 is 4.39 Å². The largest absolute Gasteiger partial charge is 0.348 e. The van der Waals surface area contributed by atoms with Crippen molar-refractivity contribution in [3.05, 3.63) is 84.3 Å². The zero-order valence-electron chi connectivity index (χ0n) is 16.5. The fourth-order valence-electron chi connectivity index (χ4n) is 2.93. The fourth-order valence-corrected chi connectivity index (χ4v) is 2.93. The number of pyridine rings is 1. The second-order valence-electron chi connectivity index (χ2n) is 6.63. The number of anilines is 3. The quantitative estimate of drug-likeness (QED) is 0.483. The molecule has 0 aliphatic heterocycles. The molecule has 2 N–H and O–H groups in total. The Kier molecular flexibility index (Phi) is 5.71. The van der Waals surface area contributed by atoms with Crippen molar-refractivity contribution in [1.82, 2.24) is 24.9 Å². The summed E-state index contributed by atoms with van der Waals surface area (Å²) in [7, 11) is 0. The van der Waals surface area contributed by atoms with Crippen LogP contribution in [-0.2, 0) is 0 Å². The Labute approximate surface area is 177 Å². The lowest BCUT2D eigenvalue weighted by Crippen LogP contribution is -2.11. The number of nitrogens with one attached hydrogen (secondary N) is 2. The molecule has 9 heteroatoms. The van der Waals surface area contributed by atoms with E-state index in [1.54, 1.807) is 55.2 Å². The third-order valence-corrected chi connectivity index (χ3v) is 4.48. The van der Waals surface area contributed by atoms with Crippen LogP contribution in [0.1, 0.15) is 24.1 Å². The molecule has 31 heavy (non-hydrogen) atoms. The molecule has 0 fully saturated rings. The number of hydrogen-bond acceptors (Lipinski definition) is 8. The van der Waals surface area contributed by atoms with Gasteiger partial charge in [-0.25, -0.2) is 14.4 Å². The first kappa shape index (κ1) is 19.8. The summed E-state index contributed by atoms with van der Waals surface area (Å²) in [5.41, 5.74) is 2.40. The summed E-state index contributed by atoms with van der Waals surface area (Å²) >= 11 is 0. The molecule has 0 spiro atoms. The van der Waals surface area contributed by atoms with Crippen molar-refractivity contribution in [3.8, 4) is 17.3 Å². The lowest BCUT2D eigenvalue weighted by Gasteiger charge is -2.16. The molecule has 0 saturated heterocycles. The summed E-state index contributed by atoms with van der Waals surface area (Å²) in [6.45, 7) is 1.92. The Balaban J connectivity index is 1.72. The maximum atomic E-state index is 13.3. The number of nitriles is 1. The van der Waals surface area contributed by atoms with Gasteiger partial charge in [0.25, 0.3) is 0 Å². The predicted octanol–water partition coefficient (Wildman–Crippen LogP) is 4.26. The van der Waals surface area contributed by atoms with Crippen molar-refractivity contribution in [2.75, 3.05) is 10.6 Å². The molecule has 0 bridgehead atoms. The normalized spacial score (nSPS) is 11.4. The number of hydrogen-bond donors (Lipinski definition) is 2. The summed E-state index contributed by atoms with van der Waals surface area (Å²) in [4.78, 5) is 21.4. The van der Waals surface area contributed by atoms with Crippen LogP contribution in [0, 0.1) is 17.1 Å². The van der Waals surface area contributed by atoms with Crippen LogP contribution < -0.4 is 10.6 Å². The maximum absolute atomic E-state index is 13.3. The van der Waals surface area contributed by atoms with Gasteiger partial charge in [-0.05, 0) is 30.7 Å². The van der Waals surface area contributed by atoms with Gasteiger partial charge in [0.2, 0.25) is 5.95 Å². The number of rotatable bonds is 6. The first-order valence-corrected chi connectivity index (χ1v) is 9.41. The number of nitrogens with zero attached hydrogens (tertiary/aromatic N) is 6. The van der Waals surface area contributed by atoms with E-state index in [-0.39, 0.29) is 11.9 Å².